The van der Waals surface area contributed by atoms with E-state index in [4.69, 9.17) is 5.73 Å². The van der Waals surface area contributed by atoms with Crippen LogP contribution in [0.15, 0.2) is 0 Å². The van der Waals surface area contributed by atoms with Gasteiger partial charge in [0.25, 0.3) is 0 Å². The van der Waals surface area contributed by atoms with Crippen LogP contribution >= 0.6 is 0 Å². The molecule has 2 rings (SSSR count). The van der Waals surface area contributed by atoms with Crippen molar-refractivity contribution in [3.63, 3.8) is 0 Å². The van der Waals surface area contributed by atoms with Gasteiger partial charge in [0.1, 0.15) is 0 Å². The lowest BCUT2D eigenvalue weighted by molar-refractivity contribution is 0.123. The zero-order valence-electron chi connectivity index (χ0n) is 9.28. The van der Waals surface area contributed by atoms with E-state index in [9.17, 15) is 8.42 Å². The Morgan fingerprint density at radius 2 is 2.13 bits per heavy atom. The SMILES string of the molecule is CN(C1CC1)C1(CN)CCCS(=O)(=O)C1. The second kappa shape index (κ2) is 3.71. The van der Waals surface area contributed by atoms with Crippen molar-refractivity contribution in [2.45, 2.75) is 37.3 Å². The lowest BCUT2D eigenvalue weighted by Crippen LogP contribution is -2.59. The van der Waals surface area contributed by atoms with Crippen LogP contribution in [0.1, 0.15) is 25.7 Å². The molecular weight excluding hydrogens is 212 g/mol. The van der Waals surface area contributed by atoms with E-state index >= 15 is 0 Å². The Morgan fingerprint density at radius 3 is 2.60 bits per heavy atom. The van der Waals surface area contributed by atoms with E-state index in [-0.39, 0.29) is 11.3 Å². The van der Waals surface area contributed by atoms with Gasteiger partial charge < -0.3 is 5.73 Å². The van der Waals surface area contributed by atoms with Gasteiger partial charge in [-0.2, -0.15) is 0 Å². The quantitative estimate of drug-likeness (QED) is 0.743. The van der Waals surface area contributed by atoms with Gasteiger partial charge in [0, 0.05) is 18.1 Å². The maximum absolute atomic E-state index is 11.7. The Hall–Kier alpha value is -0.130. The Bertz CT molecular complexity index is 337. The van der Waals surface area contributed by atoms with Gasteiger partial charge in [-0.3, -0.25) is 4.90 Å². The third kappa shape index (κ3) is 2.19. The number of nitrogens with two attached hydrogens (primary N) is 1. The van der Waals surface area contributed by atoms with Crippen LogP contribution in [-0.2, 0) is 9.84 Å². The smallest absolute Gasteiger partial charge is 0.152 e. The summed E-state index contributed by atoms with van der Waals surface area (Å²) in [5, 5.41) is 0. The molecule has 1 unspecified atom stereocenters. The molecule has 0 aromatic heterocycles. The van der Waals surface area contributed by atoms with Crippen molar-refractivity contribution < 1.29 is 8.42 Å². The van der Waals surface area contributed by atoms with E-state index in [2.05, 4.69) is 4.90 Å². The van der Waals surface area contributed by atoms with Gasteiger partial charge in [0.2, 0.25) is 0 Å². The molecule has 2 fully saturated rings. The Balaban J connectivity index is 2.19. The minimum absolute atomic E-state index is 0.253. The van der Waals surface area contributed by atoms with Crippen LogP contribution in [0, 0.1) is 0 Å². The minimum atomic E-state index is -2.87. The lowest BCUT2D eigenvalue weighted by Gasteiger charge is -2.43. The molecule has 2 N–H and O–H groups in total. The monoisotopic (exact) mass is 232 g/mol. The van der Waals surface area contributed by atoms with Crippen LogP contribution in [0.3, 0.4) is 0 Å². The Labute approximate surface area is 91.7 Å². The van der Waals surface area contributed by atoms with Crippen molar-refractivity contribution in [1.29, 1.82) is 0 Å². The first-order chi connectivity index (χ1) is 6.99. The fraction of sp³-hybridized carbons (Fsp3) is 1.00. The van der Waals surface area contributed by atoms with Gasteiger partial charge in [-0.15, -0.1) is 0 Å². The molecule has 0 bridgehead atoms. The fourth-order valence-electron chi connectivity index (χ4n) is 2.61. The molecule has 0 aromatic carbocycles. The third-order valence-corrected chi connectivity index (χ3v) is 5.70. The van der Waals surface area contributed by atoms with E-state index in [1.165, 1.54) is 12.8 Å². The van der Waals surface area contributed by atoms with Gasteiger partial charge in [-0.1, -0.05) is 0 Å². The second-order valence-electron chi connectivity index (χ2n) is 4.97. The van der Waals surface area contributed by atoms with Crippen molar-refractivity contribution in [3.05, 3.63) is 0 Å². The zero-order chi connectivity index (χ0) is 11.1. The molecule has 15 heavy (non-hydrogen) atoms. The number of rotatable bonds is 3. The van der Waals surface area contributed by atoms with Crippen LogP contribution < -0.4 is 5.73 Å². The highest BCUT2D eigenvalue weighted by molar-refractivity contribution is 7.91. The van der Waals surface area contributed by atoms with Crippen molar-refractivity contribution in [2.75, 3.05) is 25.1 Å². The molecule has 1 saturated carbocycles. The third-order valence-electron chi connectivity index (χ3n) is 3.81. The number of sulfone groups is 1. The molecule has 4 nitrogen and oxygen atoms in total. The van der Waals surface area contributed by atoms with Gasteiger partial charge in [-0.05, 0) is 32.7 Å². The predicted molar refractivity (Wildman–Crippen MR) is 60.5 cm³/mol. The van der Waals surface area contributed by atoms with Crippen molar-refractivity contribution in [1.82, 2.24) is 4.90 Å². The molecule has 1 aliphatic heterocycles. The lowest BCUT2D eigenvalue weighted by atomic mass is 9.93. The molecule has 0 radical (unpaired) electrons. The average Bonchev–Trinajstić information content (AvgIpc) is 2.98. The van der Waals surface area contributed by atoms with Crippen LogP contribution in [0.5, 0.6) is 0 Å². The van der Waals surface area contributed by atoms with E-state index < -0.39 is 9.84 Å². The molecule has 0 spiro atoms. The molecular formula is C10H20N2O2S. The summed E-state index contributed by atoms with van der Waals surface area (Å²) in [5.74, 6) is 0.594. The van der Waals surface area contributed by atoms with Crippen molar-refractivity contribution in [3.8, 4) is 0 Å². The zero-order valence-corrected chi connectivity index (χ0v) is 10.1. The summed E-state index contributed by atoms with van der Waals surface area (Å²) in [6, 6.07) is 0.571. The molecule has 1 aliphatic carbocycles. The fourth-order valence-corrected chi connectivity index (χ4v) is 4.62. The van der Waals surface area contributed by atoms with E-state index in [0.717, 1.165) is 12.8 Å². The summed E-state index contributed by atoms with van der Waals surface area (Å²) < 4.78 is 23.4. The largest absolute Gasteiger partial charge is 0.329 e. The Kier molecular flexibility index (Phi) is 2.81. The molecule has 1 atom stereocenters. The van der Waals surface area contributed by atoms with Crippen LogP contribution in [0.2, 0.25) is 0 Å². The highest BCUT2D eigenvalue weighted by Crippen LogP contribution is 2.36. The number of hydrogen-bond acceptors (Lipinski definition) is 4. The minimum Gasteiger partial charge on any atom is -0.329 e. The van der Waals surface area contributed by atoms with Gasteiger partial charge >= 0.3 is 0 Å². The maximum Gasteiger partial charge on any atom is 0.152 e. The normalized spacial score (nSPS) is 35.7. The molecule has 5 heteroatoms. The van der Waals surface area contributed by atoms with Gasteiger partial charge in [-0.25, -0.2) is 8.42 Å². The Morgan fingerprint density at radius 1 is 1.47 bits per heavy atom. The first-order valence-corrected chi connectivity index (χ1v) is 7.45. The van der Waals surface area contributed by atoms with Gasteiger partial charge in [0.15, 0.2) is 9.84 Å². The summed E-state index contributed by atoms with van der Waals surface area (Å²) in [5.41, 5.74) is 5.54. The topological polar surface area (TPSA) is 63.4 Å². The number of nitrogens with zero attached hydrogens (tertiary/aromatic N) is 1. The molecule has 1 saturated heterocycles. The van der Waals surface area contributed by atoms with Crippen LogP contribution in [-0.4, -0.2) is 50.0 Å². The number of hydrogen-bond donors (Lipinski definition) is 1. The molecule has 2 aliphatic rings. The molecule has 0 aromatic rings. The highest BCUT2D eigenvalue weighted by Gasteiger charge is 2.45. The second-order valence-corrected chi connectivity index (χ2v) is 7.15. The van der Waals surface area contributed by atoms with E-state index in [0.29, 0.717) is 18.3 Å². The molecule has 1 heterocycles. The summed E-state index contributed by atoms with van der Waals surface area (Å²) in [6.07, 6.45) is 4.07. The number of likely N-dealkylation sites (N-methyl/N-ethyl adjacent to an activating group) is 1. The first kappa shape index (κ1) is 11.4. The average molecular weight is 232 g/mol. The predicted octanol–water partition coefficient (Wildman–Crippen LogP) is -0.0133. The molecule has 88 valence electrons. The highest BCUT2D eigenvalue weighted by atomic mass is 32.2. The van der Waals surface area contributed by atoms with Crippen molar-refractivity contribution >= 4 is 9.84 Å². The van der Waals surface area contributed by atoms with Gasteiger partial charge in [0.05, 0.1) is 11.5 Å². The van der Waals surface area contributed by atoms with Crippen LogP contribution in [0.4, 0.5) is 0 Å². The summed E-state index contributed by atoms with van der Waals surface area (Å²) in [7, 11) is -0.842. The van der Waals surface area contributed by atoms with Crippen molar-refractivity contribution in [2.24, 2.45) is 5.73 Å². The summed E-state index contributed by atoms with van der Waals surface area (Å²) in [4.78, 5) is 2.23. The maximum atomic E-state index is 11.7. The molecule has 0 amide bonds. The standard InChI is InChI=1S/C10H20N2O2S/c1-12(9-3-4-9)10(7-11)5-2-6-15(13,14)8-10/h9H,2-8,11H2,1H3. The van der Waals surface area contributed by atoms with E-state index in [1.54, 1.807) is 0 Å². The summed E-state index contributed by atoms with van der Waals surface area (Å²) >= 11 is 0. The summed E-state index contributed by atoms with van der Waals surface area (Å²) in [6.45, 7) is 0.458. The van der Waals surface area contributed by atoms with Crippen LogP contribution in [0.25, 0.3) is 0 Å². The first-order valence-electron chi connectivity index (χ1n) is 5.63. The van der Waals surface area contributed by atoms with E-state index in [1.807, 2.05) is 7.05 Å².